The Hall–Kier alpha value is -2.33. The van der Waals surface area contributed by atoms with Crippen LogP contribution in [0.25, 0.3) is 16.7 Å². The molecule has 2 heterocycles. The second kappa shape index (κ2) is 7.01. The maximum absolute atomic E-state index is 12.1. The number of carbonyl (C=O) groups excluding carboxylic acids is 1. The maximum Gasteiger partial charge on any atom is 0.277 e. The highest BCUT2D eigenvalue weighted by molar-refractivity contribution is 6.76. The second-order valence-corrected chi connectivity index (χ2v) is 8.44. The zero-order valence-corrected chi connectivity index (χ0v) is 16.9. The molecule has 1 N–H and O–H groups in total. The highest BCUT2D eigenvalue weighted by Gasteiger charge is 2.32. The Bertz CT molecular complexity index is 1110. The minimum atomic E-state index is -2.18. The number of hydrogen-bond donors (Lipinski definition) is 1. The standard InChI is InChI=1S/C18H14Cl3N5O/c1-9-4-11(3)15-13(5-9)10(2)6-14(24-15)26-16(12(7-22)8-23-26)25-17(27)18(19,20)21/h4-6,8H,1-3H3,(H,25,27). The molecule has 6 nitrogen and oxygen atoms in total. The molecule has 0 aliphatic rings. The maximum atomic E-state index is 12.1. The number of pyridine rings is 1. The molecule has 0 saturated heterocycles. The minimum Gasteiger partial charge on any atom is -0.306 e. The Morgan fingerprint density at radius 3 is 2.52 bits per heavy atom. The lowest BCUT2D eigenvalue weighted by molar-refractivity contribution is -0.115. The molecular formula is C18H14Cl3N5O. The number of amides is 1. The number of carbonyl (C=O) groups is 1. The summed E-state index contributed by atoms with van der Waals surface area (Å²) in [5.74, 6) is -0.368. The molecule has 0 fully saturated rings. The molecule has 0 spiro atoms. The van der Waals surface area contributed by atoms with Crippen molar-refractivity contribution in [1.82, 2.24) is 14.8 Å². The van der Waals surface area contributed by atoms with Gasteiger partial charge in [0.1, 0.15) is 11.6 Å². The summed E-state index contributed by atoms with van der Waals surface area (Å²) in [5, 5.41) is 17.0. The molecule has 0 saturated carbocycles. The van der Waals surface area contributed by atoms with Gasteiger partial charge in [-0.25, -0.2) is 4.98 Å². The van der Waals surface area contributed by atoms with Crippen LogP contribution in [0.15, 0.2) is 24.4 Å². The molecule has 0 bridgehead atoms. The fourth-order valence-corrected chi connectivity index (χ4v) is 2.98. The number of aromatic nitrogens is 3. The zero-order chi connectivity index (χ0) is 19.9. The van der Waals surface area contributed by atoms with Gasteiger partial charge >= 0.3 is 0 Å². The molecule has 0 aliphatic carbocycles. The first kappa shape index (κ1) is 19.4. The van der Waals surface area contributed by atoms with Gasteiger partial charge in [-0.05, 0) is 44.0 Å². The summed E-state index contributed by atoms with van der Waals surface area (Å²) >= 11 is 16.9. The lowest BCUT2D eigenvalue weighted by Gasteiger charge is -2.14. The van der Waals surface area contributed by atoms with Crippen LogP contribution < -0.4 is 5.32 Å². The first-order chi connectivity index (χ1) is 12.6. The van der Waals surface area contributed by atoms with Gasteiger partial charge in [-0.15, -0.1) is 0 Å². The zero-order valence-electron chi connectivity index (χ0n) is 14.6. The number of nitriles is 1. The number of benzene rings is 1. The molecule has 27 heavy (non-hydrogen) atoms. The number of halogens is 3. The van der Waals surface area contributed by atoms with Crippen LogP contribution in [0.4, 0.5) is 5.82 Å². The van der Waals surface area contributed by atoms with E-state index < -0.39 is 9.70 Å². The first-order valence-electron chi connectivity index (χ1n) is 7.87. The van der Waals surface area contributed by atoms with Crippen molar-refractivity contribution in [2.75, 3.05) is 5.32 Å². The fourth-order valence-electron chi connectivity index (χ4n) is 2.84. The van der Waals surface area contributed by atoms with E-state index in [4.69, 9.17) is 34.8 Å². The van der Waals surface area contributed by atoms with E-state index in [0.29, 0.717) is 5.82 Å². The molecule has 0 atom stereocenters. The average Bonchev–Trinajstić information content (AvgIpc) is 2.97. The van der Waals surface area contributed by atoms with Gasteiger partial charge in [0, 0.05) is 5.39 Å². The smallest absolute Gasteiger partial charge is 0.277 e. The Kier molecular flexibility index (Phi) is 5.04. The van der Waals surface area contributed by atoms with Crippen molar-refractivity contribution in [2.24, 2.45) is 0 Å². The lowest BCUT2D eigenvalue weighted by atomic mass is 10.0. The van der Waals surface area contributed by atoms with E-state index in [1.54, 1.807) is 0 Å². The molecule has 3 rings (SSSR count). The Morgan fingerprint density at radius 1 is 1.19 bits per heavy atom. The molecular weight excluding hydrogens is 409 g/mol. The van der Waals surface area contributed by atoms with Crippen LogP contribution in [0.5, 0.6) is 0 Å². The summed E-state index contributed by atoms with van der Waals surface area (Å²) in [6.45, 7) is 5.96. The highest BCUT2D eigenvalue weighted by atomic mass is 35.6. The number of fused-ring (bicyclic) bond motifs is 1. The summed E-state index contributed by atoms with van der Waals surface area (Å²) in [7, 11) is 0. The Morgan fingerprint density at radius 2 is 1.89 bits per heavy atom. The normalized spacial score (nSPS) is 11.4. The van der Waals surface area contributed by atoms with E-state index in [0.717, 1.165) is 27.6 Å². The number of hydrogen-bond acceptors (Lipinski definition) is 4. The van der Waals surface area contributed by atoms with Gasteiger partial charge in [0.2, 0.25) is 0 Å². The van der Waals surface area contributed by atoms with Crippen LogP contribution >= 0.6 is 34.8 Å². The van der Waals surface area contributed by atoms with Crippen LogP contribution in [0.3, 0.4) is 0 Å². The van der Waals surface area contributed by atoms with E-state index in [2.05, 4.69) is 21.5 Å². The van der Waals surface area contributed by atoms with Gasteiger partial charge in [-0.2, -0.15) is 15.0 Å². The summed E-state index contributed by atoms with van der Waals surface area (Å²) in [6.07, 6.45) is 1.32. The SMILES string of the molecule is Cc1cc(C)c2nc(-n3ncc(C#N)c3NC(=O)C(Cl)(Cl)Cl)cc(C)c2c1. The number of rotatable bonds is 2. The van der Waals surface area contributed by atoms with Crippen molar-refractivity contribution < 1.29 is 4.79 Å². The third-order valence-electron chi connectivity index (χ3n) is 4.04. The second-order valence-electron chi connectivity index (χ2n) is 6.16. The van der Waals surface area contributed by atoms with Gasteiger partial charge in [0.15, 0.2) is 11.6 Å². The number of nitrogens with zero attached hydrogens (tertiary/aromatic N) is 4. The van der Waals surface area contributed by atoms with Crippen molar-refractivity contribution in [3.05, 3.63) is 46.6 Å². The third kappa shape index (κ3) is 3.72. The average molecular weight is 423 g/mol. The van der Waals surface area contributed by atoms with Gasteiger partial charge in [-0.1, -0.05) is 46.4 Å². The molecule has 3 aromatic rings. The summed E-state index contributed by atoms with van der Waals surface area (Å²) < 4.78 is -0.832. The van der Waals surface area contributed by atoms with Crippen molar-refractivity contribution in [3.8, 4) is 11.9 Å². The van der Waals surface area contributed by atoms with Crippen LogP contribution in [0, 0.1) is 32.1 Å². The molecule has 1 amide bonds. The Balaban J connectivity index is 2.19. The fraction of sp³-hybridized carbons (Fsp3) is 0.222. The van der Waals surface area contributed by atoms with Crippen LogP contribution in [-0.2, 0) is 4.79 Å². The van der Waals surface area contributed by atoms with E-state index in [9.17, 15) is 10.1 Å². The van der Waals surface area contributed by atoms with Crippen LogP contribution in [0.2, 0.25) is 0 Å². The lowest BCUT2D eigenvalue weighted by Crippen LogP contribution is -2.28. The molecule has 0 aliphatic heterocycles. The molecule has 138 valence electrons. The highest BCUT2D eigenvalue weighted by Crippen LogP contribution is 2.30. The number of alkyl halides is 3. The largest absolute Gasteiger partial charge is 0.306 e. The van der Waals surface area contributed by atoms with E-state index in [1.165, 1.54) is 10.9 Å². The predicted molar refractivity (Wildman–Crippen MR) is 107 cm³/mol. The number of aryl methyl sites for hydroxylation is 3. The predicted octanol–water partition coefficient (Wildman–Crippen LogP) is 4.53. The molecule has 2 aromatic heterocycles. The van der Waals surface area contributed by atoms with Crippen molar-refractivity contribution >= 4 is 57.4 Å². The topological polar surface area (TPSA) is 83.6 Å². The van der Waals surface area contributed by atoms with Gasteiger partial charge in [0.05, 0.1) is 11.7 Å². The molecule has 9 heteroatoms. The number of nitrogens with one attached hydrogen (secondary N) is 1. The van der Waals surface area contributed by atoms with E-state index >= 15 is 0 Å². The van der Waals surface area contributed by atoms with Crippen LogP contribution in [-0.4, -0.2) is 24.5 Å². The van der Waals surface area contributed by atoms with Gasteiger partial charge in [-0.3, -0.25) is 4.79 Å². The molecule has 0 radical (unpaired) electrons. The monoisotopic (exact) mass is 421 g/mol. The Labute approximate surface area is 170 Å². The molecule has 1 aromatic carbocycles. The van der Waals surface area contributed by atoms with E-state index in [1.807, 2.05) is 39.0 Å². The summed E-state index contributed by atoms with van der Waals surface area (Å²) in [4.78, 5) is 16.7. The van der Waals surface area contributed by atoms with Crippen molar-refractivity contribution in [2.45, 2.75) is 24.6 Å². The third-order valence-corrected chi connectivity index (χ3v) is 4.55. The summed E-state index contributed by atoms with van der Waals surface area (Å²) in [5.41, 5.74) is 4.06. The quantitative estimate of drug-likeness (QED) is 0.615. The van der Waals surface area contributed by atoms with Gasteiger partial charge < -0.3 is 5.32 Å². The summed E-state index contributed by atoms with van der Waals surface area (Å²) in [6, 6.07) is 7.87. The van der Waals surface area contributed by atoms with Gasteiger partial charge in [0.25, 0.3) is 9.70 Å². The molecule has 0 unspecified atom stereocenters. The first-order valence-corrected chi connectivity index (χ1v) is 9.00. The van der Waals surface area contributed by atoms with Crippen molar-refractivity contribution in [1.29, 1.82) is 5.26 Å². The number of anilines is 1. The van der Waals surface area contributed by atoms with Crippen molar-refractivity contribution in [3.63, 3.8) is 0 Å². The van der Waals surface area contributed by atoms with E-state index in [-0.39, 0.29) is 11.4 Å². The van der Waals surface area contributed by atoms with Crippen LogP contribution in [0.1, 0.15) is 22.3 Å². The minimum absolute atomic E-state index is 0.0878.